The first kappa shape index (κ1) is 13.8. The summed E-state index contributed by atoms with van der Waals surface area (Å²) >= 11 is 4.81. The van der Waals surface area contributed by atoms with Crippen LogP contribution >= 0.6 is 12.2 Å². The van der Waals surface area contributed by atoms with E-state index in [4.69, 9.17) is 12.2 Å². The molecule has 94 valence electrons. The molecule has 1 saturated heterocycles. The first-order chi connectivity index (χ1) is 7.98. The van der Waals surface area contributed by atoms with Gasteiger partial charge in [0.25, 0.3) is 0 Å². The molecule has 1 fully saturated rings. The van der Waals surface area contributed by atoms with Crippen molar-refractivity contribution in [2.75, 3.05) is 0 Å². The zero-order valence-corrected chi connectivity index (χ0v) is 11.0. The van der Waals surface area contributed by atoms with Crippen LogP contribution in [0.25, 0.3) is 0 Å². The molecule has 0 saturated carbocycles. The third-order valence-corrected chi connectivity index (χ3v) is 3.50. The van der Waals surface area contributed by atoms with E-state index in [0.717, 1.165) is 12.8 Å². The molecule has 0 aromatic heterocycles. The van der Waals surface area contributed by atoms with Crippen molar-refractivity contribution in [3.63, 3.8) is 0 Å². The van der Waals surface area contributed by atoms with Gasteiger partial charge in [0.2, 0.25) is 11.8 Å². The Kier molecular flexibility index (Phi) is 4.40. The molecule has 1 atom stereocenters. The van der Waals surface area contributed by atoms with Crippen LogP contribution in [0.4, 0.5) is 0 Å². The minimum atomic E-state index is -1.07. The van der Waals surface area contributed by atoms with Crippen LogP contribution in [-0.4, -0.2) is 16.9 Å². The Balaban J connectivity index is 3.11. The monoisotopic (exact) mass is 254 g/mol. The number of allylic oxidation sites excluding steroid dienone is 1. The summed E-state index contributed by atoms with van der Waals surface area (Å²) in [7, 11) is 0. The molecule has 1 aliphatic heterocycles. The minimum Gasteiger partial charge on any atom is -0.302 e. The highest BCUT2D eigenvalue weighted by Crippen LogP contribution is 2.37. The molecule has 0 radical (unpaired) electrons. The highest BCUT2D eigenvalue weighted by atomic mass is 32.1. The van der Waals surface area contributed by atoms with Gasteiger partial charge in [0, 0.05) is 0 Å². The fourth-order valence-electron chi connectivity index (χ4n) is 2.30. The lowest BCUT2D eigenvalue weighted by atomic mass is 9.69. The van der Waals surface area contributed by atoms with Gasteiger partial charge in [-0.25, -0.2) is 0 Å². The normalized spacial score (nSPS) is 20.5. The van der Waals surface area contributed by atoms with Crippen molar-refractivity contribution in [2.45, 2.75) is 33.1 Å². The second-order valence-electron chi connectivity index (χ2n) is 4.39. The maximum Gasteiger partial charge on any atom is 0.242 e. The van der Waals surface area contributed by atoms with Gasteiger partial charge in [-0.05, 0) is 31.0 Å². The molecule has 2 N–H and O–H groups in total. The number of thiocarbonyl (C=S) groups is 1. The molecule has 0 aromatic rings. The lowest BCUT2D eigenvalue weighted by molar-refractivity contribution is -0.147. The fraction of sp³-hybridized carbons (Fsp3) is 0.583. The van der Waals surface area contributed by atoms with Gasteiger partial charge in [0.1, 0.15) is 5.41 Å². The average molecular weight is 254 g/mol. The molecule has 5 heteroatoms. The van der Waals surface area contributed by atoms with Gasteiger partial charge < -0.3 is 10.6 Å². The summed E-state index contributed by atoms with van der Waals surface area (Å²) in [4.78, 5) is 24.3. The van der Waals surface area contributed by atoms with Crippen molar-refractivity contribution in [2.24, 2.45) is 11.3 Å². The largest absolute Gasteiger partial charge is 0.302 e. The first-order valence-corrected chi connectivity index (χ1v) is 6.17. The summed E-state index contributed by atoms with van der Waals surface area (Å²) in [5.41, 5.74) is -1.07. The maximum absolute atomic E-state index is 12.1. The van der Waals surface area contributed by atoms with Gasteiger partial charge in [-0.2, -0.15) is 0 Å². The Labute approximate surface area is 107 Å². The van der Waals surface area contributed by atoms with Gasteiger partial charge >= 0.3 is 0 Å². The highest BCUT2D eigenvalue weighted by Gasteiger charge is 2.51. The van der Waals surface area contributed by atoms with Crippen molar-refractivity contribution < 1.29 is 9.59 Å². The summed E-state index contributed by atoms with van der Waals surface area (Å²) in [6.45, 7) is 7.58. The smallest absolute Gasteiger partial charge is 0.242 e. The molecule has 2 amide bonds. The van der Waals surface area contributed by atoms with E-state index >= 15 is 0 Å². The van der Waals surface area contributed by atoms with Crippen LogP contribution in [0.2, 0.25) is 0 Å². The van der Waals surface area contributed by atoms with E-state index in [9.17, 15) is 9.59 Å². The molecular weight excluding hydrogens is 236 g/mol. The predicted molar refractivity (Wildman–Crippen MR) is 70.2 cm³/mol. The Bertz CT molecular complexity index is 346. The van der Waals surface area contributed by atoms with Gasteiger partial charge in [0.05, 0.1) is 0 Å². The number of hydrogen-bond donors (Lipinski definition) is 2. The van der Waals surface area contributed by atoms with Crippen molar-refractivity contribution in [3.05, 3.63) is 12.7 Å². The average Bonchev–Trinajstić information content (AvgIpc) is 2.23. The molecule has 1 aliphatic rings. The Morgan fingerprint density at radius 1 is 1.41 bits per heavy atom. The molecule has 0 aliphatic carbocycles. The topological polar surface area (TPSA) is 58.2 Å². The molecule has 0 bridgehead atoms. The van der Waals surface area contributed by atoms with E-state index in [1.165, 1.54) is 0 Å². The molecule has 1 heterocycles. The van der Waals surface area contributed by atoms with Gasteiger partial charge in [-0.15, -0.1) is 6.58 Å². The second kappa shape index (κ2) is 5.40. The van der Waals surface area contributed by atoms with Crippen LogP contribution in [-0.2, 0) is 9.59 Å². The summed E-state index contributed by atoms with van der Waals surface area (Å²) < 4.78 is 0. The maximum atomic E-state index is 12.1. The SMILES string of the molecule is C=CCC1([C@H](C)CCC)C(=O)NC(=S)NC1=O. The van der Waals surface area contributed by atoms with Crippen molar-refractivity contribution in [1.82, 2.24) is 10.6 Å². The van der Waals surface area contributed by atoms with E-state index in [2.05, 4.69) is 17.2 Å². The molecule has 1 rings (SSSR count). The molecular formula is C12H18N2O2S. The van der Waals surface area contributed by atoms with Crippen LogP contribution < -0.4 is 10.6 Å². The van der Waals surface area contributed by atoms with Crippen molar-refractivity contribution in [1.29, 1.82) is 0 Å². The number of nitrogens with one attached hydrogen (secondary N) is 2. The quantitative estimate of drug-likeness (QED) is 0.444. The third-order valence-electron chi connectivity index (χ3n) is 3.29. The van der Waals surface area contributed by atoms with Gasteiger partial charge in [-0.3, -0.25) is 9.59 Å². The Hall–Kier alpha value is -1.23. The summed E-state index contributed by atoms with van der Waals surface area (Å²) in [5.74, 6) is -0.673. The number of amides is 2. The van der Waals surface area contributed by atoms with Crippen LogP contribution in [0.1, 0.15) is 33.1 Å². The van der Waals surface area contributed by atoms with E-state index in [-0.39, 0.29) is 22.8 Å². The number of carbonyl (C=O) groups is 2. The van der Waals surface area contributed by atoms with E-state index in [0.29, 0.717) is 6.42 Å². The van der Waals surface area contributed by atoms with Gasteiger partial charge in [-0.1, -0.05) is 26.3 Å². The van der Waals surface area contributed by atoms with E-state index in [1.807, 2.05) is 13.8 Å². The van der Waals surface area contributed by atoms with Gasteiger partial charge in [0.15, 0.2) is 5.11 Å². The van der Waals surface area contributed by atoms with Crippen LogP contribution in [0.15, 0.2) is 12.7 Å². The number of carbonyl (C=O) groups excluding carboxylic acids is 2. The predicted octanol–water partition coefficient (Wildman–Crippen LogP) is 1.52. The van der Waals surface area contributed by atoms with E-state index < -0.39 is 5.41 Å². The van der Waals surface area contributed by atoms with Crippen LogP contribution in [0.3, 0.4) is 0 Å². The lowest BCUT2D eigenvalue weighted by Crippen LogP contribution is -2.64. The molecule has 0 spiro atoms. The van der Waals surface area contributed by atoms with Crippen LogP contribution in [0, 0.1) is 11.3 Å². The first-order valence-electron chi connectivity index (χ1n) is 5.76. The third kappa shape index (κ3) is 2.39. The number of rotatable bonds is 5. The number of hydrogen-bond acceptors (Lipinski definition) is 3. The molecule has 17 heavy (non-hydrogen) atoms. The second-order valence-corrected chi connectivity index (χ2v) is 4.80. The highest BCUT2D eigenvalue weighted by molar-refractivity contribution is 7.80. The summed E-state index contributed by atoms with van der Waals surface area (Å²) in [6.07, 6.45) is 3.67. The van der Waals surface area contributed by atoms with E-state index in [1.54, 1.807) is 6.08 Å². The molecule has 0 aromatic carbocycles. The summed E-state index contributed by atoms with van der Waals surface area (Å²) in [5, 5.41) is 5.16. The lowest BCUT2D eigenvalue weighted by Gasteiger charge is -2.38. The molecule has 0 unspecified atom stereocenters. The molecule has 4 nitrogen and oxygen atoms in total. The fourth-order valence-corrected chi connectivity index (χ4v) is 2.49. The summed E-state index contributed by atoms with van der Waals surface area (Å²) in [6, 6.07) is 0. The van der Waals surface area contributed by atoms with Crippen LogP contribution in [0.5, 0.6) is 0 Å². The Morgan fingerprint density at radius 3 is 2.35 bits per heavy atom. The Morgan fingerprint density at radius 2 is 1.94 bits per heavy atom. The standard InChI is InChI=1S/C12H18N2O2S/c1-4-6-8(3)12(7-5-2)9(15)13-11(17)14-10(12)16/h5,8H,2,4,6-7H2,1,3H3,(H2,13,14,15,16,17)/t8-/m1/s1. The zero-order valence-electron chi connectivity index (χ0n) is 10.2. The van der Waals surface area contributed by atoms with Crippen molar-refractivity contribution >= 4 is 29.1 Å². The minimum absolute atomic E-state index is 0.0476. The zero-order chi connectivity index (χ0) is 13.1. The van der Waals surface area contributed by atoms with Crippen molar-refractivity contribution in [3.8, 4) is 0 Å².